The van der Waals surface area contributed by atoms with E-state index in [-0.39, 0.29) is 36.1 Å². The second-order valence-corrected chi connectivity index (χ2v) is 12.2. The standard InChI is InChI=1S/C31H38N4O8S/c1-6-22(2)32-31(37)28(18-23-11-8-7-9-12-23)33(20-24-13-10-14-26(17-24)42-3)30(36)21-34(44(5,40)41)27-19-25(35(38)39)15-16-29(27)43-4/h7-17,19,22,28H,6,18,20-21H2,1-5H3,(H,32,37)/t22-,28-/m0/s1. The number of benzene rings is 3. The molecule has 2 atom stereocenters. The number of amides is 2. The number of carbonyl (C=O) groups excluding carboxylic acids is 2. The van der Waals surface area contributed by atoms with Crippen molar-refractivity contribution in [3.05, 3.63) is 94.0 Å². The molecule has 0 spiro atoms. The van der Waals surface area contributed by atoms with Gasteiger partial charge in [-0.05, 0) is 42.7 Å². The number of nitrogens with one attached hydrogen (secondary N) is 1. The molecule has 12 nitrogen and oxygen atoms in total. The number of non-ortho nitro benzene ring substituents is 1. The molecule has 0 heterocycles. The summed E-state index contributed by atoms with van der Waals surface area (Å²) < 4.78 is 37.6. The van der Waals surface area contributed by atoms with Crippen LogP contribution in [-0.2, 0) is 32.6 Å². The minimum absolute atomic E-state index is 0.0171. The van der Waals surface area contributed by atoms with Crippen molar-refractivity contribution in [3.8, 4) is 11.5 Å². The quantitative estimate of drug-likeness (QED) is 0.197. The fourth-order valence-corrected chi connectivity index (χ4v) is 5.39. The molecular formula is C31H38N4O8S. The van der Waals surface area contributed by atoms with Gasteiger partial charge in [0.25, 0.3) is 5.69 Å². The third kappa shape index (κ3) is 8.93. The van der Waals surface area contributed by atoms with Gasteiger partial charge in [-0.2, -0.15) is 0 Å². The number of hydrogen-bond donors (Lipinski definition) is 1. The monoisotopic (exact) mass is 626 g/mol. The van der Waals surface area contributed by atoms with Crippen LogP contribution in [0.25, 0.3) is 0 Å². The highest BCUT2D eigenvalue weighted by Gasteiger charge is 2.34. The van der Waals surface area contributed by atoms with E-state index in [1.165, 1.54) is 31.3 Å². The molecule has 3 aromatic rings. The number of methoxy groups -OCH3 is 2. The van der Waals surface area contributed by atoms with Gasteiger partial charge in [0.1, 0.15) is 29.8 Å². The molecule has 0 radical (unpaired) electrons. The molecule has 1 N–H and O–H groups in total. The van der Waals surface area contributed by atoms with Crippen LogP contribution in [-0.4, -0.2) is 69.2 Å². The number of carbonyl (C=O) groups is 2. The average molecular weight is 627 g/mol. The Labute approximate surface area is 257 Å². The van der Waals surface area contributed by atoms with Gasteiger partial charge in [-0.25, -0.2) is 8.42 Å². The molecule has 13 heteroatoms. The summed E-state index contributed by atoms with van der Waals surface area (Å²) in [5, 5.41) is 14.5. The zero-order valence-corrected chi connectivity index (χ0v) is 26.2. The van der Waals surface area contributed by atoms with Crippen LogP contribution in [0, 0.1) is 10.1 Å². The molecular weight excluding hydrogens is 588 g/mol. The predicted octanol–water partition coefficient (Wildman–Crippen LogP) is 3.93. The minimum atomic E-state index is -4.17. The van der Waals surface area contributed by atoms with Gasteiger partial charge < -0.3 is 19.7 Å². The maximum absolute atomic E-state index is 14.3. The van der Waals surface area contributed by atoms with E-state index in [0.717, 1.165) is 22.2 Å². The van der Waals surface area contributed by atoms with Crippen molar-refractivity contribution in [3.63, 3.8) is 0 Å². The number of ether oxygens (including phenoxy) is 2. The van der Waals surface area contributed by atoms with E-state index in [2.05, 4.69) is 5.32 Å². The van der Waals surface area contributed by atoms with Crippen molar-refractivity contribution in [2.75, 3.05) is 31.3 Å². The molecule has 2 amide bonds. The van der Waals surface area contributed by atoms with Crippen molar-refractivity contribution in [1.29, 1.82) is 0 Å². The lowest BCUT2D eigenvalue weighted by atomic mass is 10.0. The third-order valence-corrected chi connectivity index (χ3v) is 8.21. The van der Waals surface area contributed by atoms with Gasteiger partial charge in [0.15, 0.2) is 0 Å². The Morgan fingerprint density at radius 2 is 1.66 bits per heavy atom. The van der Waals surface area contributed by atoms with Crippen LogP contribution in [0.5, 0.6) is 11.5 Å². The molecule has 0 saturated heterocycles. The highest BCUT2D eigenvalue weighted by Crippen LogP contribution is 2.34. The summed E-state index contributed by atoms with van der Waals surface area (Å²) in [6.45, 7) is 2.98. The summed E-state index contributed by atoms with van der Waals surface area (Å²) in [7, 11) is -1.37. The van der Waals surface area contributed by atoms with Crippen LogP contribution >= 0.6 is 0 Å². The molecule has 3 aromatic carbocycles. The Morgan fingerprint density at radius 3 is 2.25 bits per heavy atom. The summed E-state index contributed by atoms with van der Waals surface area (Å²) in [6.07, 6.45) is 1.70. The number of nitro groups is 1. The van der Waals surface area contributed by atoms with Gasteiger partial charge in [-0.15, -0.1) is 0 Å². The molecule has 236 valence electrons. The van der Waals surface area contributed by atoms with Crippen LogP contribution < -0.4 is 19.1 Å². The molecule has 0 aromatic heterocycles. The first kappa shape index (κ1) is 33.8. The Balaban J connectivity index is 2.15. The Bertz CT molecular complexity index is 1570. The summed E-state index contributed by atoms with van der Waals surface area (Å²) in [5.41, 5.74) is 0.874. The maximum Gasteiger partial charge on any atom is 0.271 e. The number of anilines is 1. The SMILES string of the molecule is CC[C@H](C)NC(=O)[C@H](Cc1ccccc1)N(Cc1cccc(OC)c1)C(=O)CN(c1cc([N+](=O)[O-])ccc1OC)S(C)(=O)=O. The zero-order chi connectivity index (χ0) is 32.4. The van der Waals surface area contributed by atoms with Crippen LogP contribution in [0.15, 0.2) is 72.8 Å². The molecule has 0 unspecified atom stereocenters. The molecule has 0 bridgehead atoms. The van der Waals surface area contributed by atoms with Gasteiger partial charge >= 0.3 is 0 Å². The summed E-state index contributed by atoms with van der Waals surface area (Å²) in [5.74, 6) is -0.550. The minimum Gasteiger partial charge on any atom is -0.497 e. The average Bonchev–Trinajstić information content (AvgIpc) is 3.00. The van der Waals surface area contributed by atoms with E-state index >= 15 is 0 Å². The van der Waals surface area contributed by atoms with E-state index in [0.29, 0.717) is 17.7 Å². The number of sulfonamides is 1. The third-order valence-electron chi connectivity index (χ3n) is 7.08. The molecule has 0 aliphatic heterocycles. The number of nitrogens with zero attached hydrogens (tertiary/aromatic N) is 3. The number of nitro benzene ring substituents is 1. The second-order valence-electron chi connectivity index (χ2n) is 10.3. The molecule has 3 rings (SSSR count). The van der Waals surface area contributed by atoms with Crippen molar-refractivity contribution in [2.24, 2.45) is 0 Å². The van der Waals surface area contributed by atoms with Gasteiger partial charge in [0.2, 0.25) is 21.8 Å². The van der Waals surface area contributed by atoms with E-state index in [1.807, 2.05) is 44.2 Å². The van der Waals surface area contributed by atoms with Gasteiger partial charge in [0.05, 0.1) is 25.4 Å². The molecule has 0 saturated carbocycles. The molecule has 44 heavy (non-hydrogen) atoms. The first-order valence-electron chi connectivity index (χ1n) is 13.9. The summed E-state index contributed by atoms with van der Waals surface area (Å²) in [6, 6.07) is 18.4. The Hall–Kier alpha value is -4.65. The van der Waals surface area contributed by atoms with Crippen LogP contribution in [0.1, 0.15) is 31.4 Å². The second kappa shape index (κ2) is 15.2. The van der Waals surface area contributed by atoms with Crippen LogP contribution in [0.3, 0.4) is 0 Å². The van der Waals surface area contributed by atoms with Crippen LogP contribution in [0.4, 0.5) is 11.4 Å². The summed E-state index contributed by atoms with van der Waals surface area (Å²) >= 11 is 0. The lowest BCUT2D eigenvalue weighted by Crippen LogP contribution is -2.54. The first-order chi connectivity index (χ1) is 20.9. The number of hydrogen-bond acceptors (Lipinski definition) is 8. The zero-order valence-electron chi connectivity index (χ0n) is 25.4. The van der Waals surface area contributed by atoms with E-state index in [9.17, 15) is 28.1 Å². The van der Waals surface area contributed by atoms with Crippen molar-refractivity contribution >= 4 is 33.2 Å². The van der Waals surface area contributed by atoms with Gasteiger partial charge in [-0.3, -0.25) is 24.0 Å². The van der Waals surface area contributed by atoms with Gasteiger partial charge in [0, 0.05) is 31.1 Å². The Morgan fingerprint density at radius 1 is 0.977 bits per heavy atom. The Kier molecular flexibility index (Phi) is 11.7. The molecule has 0 aliphatic carbocycles. The maximum atomic E-state index is 14.3. The van der Waals surface area contributed by atoms with Gasteiger partial charge in [-0.1, -0.05) is 49.4 Å². The fraction of sp³-hybridized carbons (Fsp3) is 0.355. The molecule has 0 fully saturated rings. The smallest absolute Gasteiger partial charge is 0.271 e. The van der Waals surface area contributed by atoms with E-state index in [4.69, 9.17) is 9.47 Å². The largest absolute Gasteiger partial charge is 0.497 e. The molecule has 0 aliphatic rings. The lowest BCUT2D eigenvalue weighted by molar-refractivity contribution is -0.384. The van der Waals surface area contributed by atoms with Crippen molar-refractivity contribution in [1.82, 2.24) is 10.2 Å². The lowest BCUT2D eigenvalue weighted by Gasteiger charge is -2.34. The highest BCUT2D eigenvalue weighted by molar-refractivity contribution is 7.92. The predicted molar refractivity (Wildman–Crippen MR) is 167 cm³/mol. The first-order valence-corrected chi connectivity index (χ1v) is 15.8. The van der Waals surface area contributed by atoms with E-state index in [1.54, 1.807) is 24.3 Å². The highest BCUT2D eigenvalue weighted by atomic mass is 32.2. The van der Waals surface area contributed by atoms with Crippen LogP contribution in [0.2, 0.25) is 0 Å². The van der Waals surface area contributed by atoms with Crippen molar-refractivity contribution in [2.45, 2.75) is 45.3 Å². The summed E-state index contributed by atoms with van der Waals surface area (Å²) in [4.78, 5) is 40.3. The van der Waals surface area contributed by atoms with Crippen molar-refractivity contribution < 1.29 is 32.4 Å². The van der Waals surface area contributed by atoms with E-state index < -0.39 is 39.3 Å². The topological polar surface area (TPSA) is 148 Å². The number of rotatable bonds is 15. The fourth-order valence-electron chi connectivity index (χ4n) is 4.54. The normalized spacial score (nSPS) is 12.5.